The van der Waals surface area contributed by atoms with Crippen molar-refractivity contribution >= 4 is 24.1 Å². The van der Waals surface area contributed by atoms with Gasteiger partial charge in [0.2, 0.25) is 5.82 Å². The van der Waals surface area contributed by atoms with Gasteiger partial charge in [0.05, 0.1) is 18.1 Å². The van der Waals surface area contributed by atoms with Crippen LogP contribution in [0.15, 0.2) is 23.2 Å². The van der Waals surface area contributed by atoms with Crippen molar-refractivity contribution in [3.05, 3.63) is 49.8 Å². The molecule has 0 fully saturated rings. The Hall–Kier alpha value is -2.62. The number of benzene rings is 1. The van der Waals surface area contributed by atoms with Gasteiger partial charge in [-0.05, 0) is 28.0 Å². The number of rotatable bonds is 9. The largest absolute Gasteiger partial charge is 0.487 e. The lowest BCUT2D eigenvalue weighted by atomic mass is 10.2. The average Bonchev–Trinajstić information content (AvgIpc) is 2.87. The lowest BCUT2D eigenvalue weighted by Gasteiger charge is -2.09. The minimum atomic E-state index is -0.610. The number of nitrogens with zero attached hydrogens (tertiary/aromatic N) is 4. The zero-order valence-corrected chi connectivity index (χ0v) is 15.4. The van der Waals surface area contributed by atoms with E-state index in [-0.39, 0.29) is 28.8 Å². The summed E-state index contributed by atoms with van der Waals surface area (Å²) in [7, 11) is 0. The molecule has 0 spiro atoms. The summed E-state index contributed by atoms with van der Waals surface area (Å²) in [5, 5.41) is 22.4. The molecule has 0 radical (unpaired) electrons. The van der Waals surface area contributed by atoms with Crippen molar-refractivity contribution in [1.29, 1.82) is 0 Å². The van der Waals surface area contributed by atoms with Gasteiger partial charge in [0, 0.05) is 13.0 Å². The second-order valence-corrected chi connectivity index (χ2v) is 6.19. The van der Waals surface area contributed by atoms with E-state index in [9.17, 15) is 20.2 Å². The normalized spacial score (nSPS) is 10.7. The molecule has 0 amide bonds. The SMILES string of the molecule is CCCCCOc1ccc(Cn2c(C)nc([N+](=O)[O-])c2S)cc1[N+](=O)[O-]. The van der Waals surface area contributed by atoms with Gasteiger partial charge in [0.25, 0.3) is 0 Å². The Morgan fingerprint density at radius 1 is 1.23 bits per heavy atom. The first-order chi connectivity index (χ1) is 12.3. The highest BCUT2D eigenvalue weighted by Gasteiger charge is 2.24. The molecule has 26 heavy (non-hydrogen) atoms. The Bertz CT molecular complexity index is 821. The number of aryl methyl sites for hydroxylation is 1. The molecule has 0 aliphatic carbocycles. The molecule has 1 aromatic carbocycles. The van der Waals surface area contributed by atoms with Gasteiger partial charge in [-0.25, -0.2) is 0 Å². The number of ether oxygens (including phenoxy) is 1. The standard InChI is InChI=1S/C16H20N4O5S/c1-3-4-5-8-25-14-7-6-12(9-13(14)19(21)22)10-18-11(2)17-15(16(18)26)20(23)24/h6-7,9,26H,3-5,8,10H2,1-2H3. The van der Waals surface area contributed by atoms with Crippen molar-refractivity contribution in [2.75, 3.05) is 6.61 Å². The fraction of sp³-hybridized carbons (Fsp3) is 0.438. The molecule has 0 unspecified atom stereocenters. The molecule has 10 heteroatoms. The lowest BCUT2D eigenvalue weighted by Crippen LogP contribution is -2.05. The maximum Gasteiger partial charge on any atom is 0.395 e. The van der Waals surface area contributed by atoms with E-state index in [1.807, 2.05) is 0 Å². The average molecular weight is 380 g/mol. The molecule has 0 atom stereocenters. The van der Waals surface area contributed by atoms with Crippen LogP contribution in [-0.4, -0.2) is 26.0 Å². The molecule has 9 nitrogen and oxygen atoms in total. The highest BCUT2D eigenvalue weighted by atomic mass is 32.1. The molecular formula is C16H20N4O5S. The first-order valence-corrected chi connectivity index (χ1v) is 8.60. The second kappa shape index (κ2) is 8.65. The maximum absolute atomic E-state index is 11.3. The number of thiol groups is 1. The van der Waals surface area contributed by atoms with Gasteiger partial charge in [-0.1, -0.05) is 25.8 Å². The predicted octanol–water partition coefficient (Wildman–Crippen LogP) is 3.91. The van der Waals surface area contributed by atoms with Crippen LogP contribution in [0.4, 0.5) is 11.5 Å². The van der Waals surface area contributed by atoms with E-state index >= 15 is 0 Å². The van der Waals surface area contributed by atoms with Gasteiger partial charge < -0.3 is 14.9 Å². The van der Waals surface area contributed by atoms with Crippen LogP contribution in [0.5, 0.6) is 5.75 Å². The Morgan fingerprint density at radius 3 is 2.54 bits per heavy atom. The Morgan fingerprint density at radius 2 is 1.96 bits per heavy atom. The highest BCUT2D eigenvalue weighted by molar-refractivity contribution is 7.80. The van der Waals surface area contributed by atoms with Gasteiger partial charge >= 0.3 is 11.5 Å². The monoisotopic (exact) mass is 380 g/mol. The van der Waals surface area contributed by atoms with Crippen LogP contribution in [0.3, 0.4) is 0 Å². The van der Waals surface area contributed by atoms with Crippen LogP contribution in [0, 0.1) is 27.2 Å². The third-order valence-corrected chi connectivity index (χ3v) is 4.29. The van der Waals surface area contributed by atoms with Crippen molar-refractivity contribution in [2.45, 2.75) is 44.7 Å². The van der Waals surface area contributed by atoms with Crippen molar-refractivity contribution in [3.63, 3.8) is 0 Å². The van der Waals surface area contributed by atoms with E-state index in [2.05, 4.69) is 24.5 Å². The second-order valence-electron chi connectivity index (χ2n) is 5.76. The fourth-order valence-corrected chi connectivity index (χ4v) is 2.84. The molecule has 1 aromatic heterocycles. The van der Waals surface area contributed by atoms with E-state index in [1.165, 1.54) is 10.6 Å². The van der Waals surface area contributed by atoms with E-state index in [0.29, 0.717) is 18.0 Å². The first kappa shape index (κ1) is 19.7. The molecule has 0 saturated carbocycles. The third kappa shape index (κ3) is 4.51. The molecule has 0 saturated heterocycles. The number of unbranched alkanes of at least 4 members (excludes halogenated alkanes) is 2. The Balaban J connectivity index is 2.25. The summed E-state index contributed by atoms with van der Waals surface area (Å²) in [5.74, 6) is 0.287. The van der Waals surface area contributed by atoms with Crippen LogP contribution < -0.4 is 4.74 Å². The van der Waals surface area contributed by atoms with Gasteiger partial charge in [-0.2, -0.15) is 0 Å². The molecule has 2 rings (SSSR count). The highest BCUT2D eigenvalue weighted by Crippen LogP contribution is 2.30. The number of hydrogen-bond donors (Lipinski definition) is 1. The minimum absolute atomic E-state index is 0.107. The summed E-state index contributed by atoms with van der Waals surface area (Å²) in [6, 6.07) is 4.66. The van der Waals surface area contributed by atoms with Crippen LogP contribution in [0.25, 0.3) is 0 Å². The number of nitro groups is 2. The van der Waals surface area contributed by atoms with E-state index < -0.39 is 9.85 Å². The van der Waals surface area contributed by atoms with Gasteiger partial charge in [0.1, 0.15) is 0 Å². The van der Waals surface area contributed by atoms with Gasteiger partial charge in [-0.15, -0.1) is 12.6 Å². The van der Waals surface area contributed by atoms with Gasteiger partial charge in [0.15, 0.2) is 10.8 Å². The molecule has 1 heterocycles. The molecule has 0 aliphatic rings. The van der Waals surface area contributed by atoms with Crippen molar-refractivity contribution < 1.29 is 14.6 Å². The van der Waals surface area contributed by atoms with E-state index in [1.54, 1.807) is 19.1 Å². The van der Waals surface area contributed by atoms with Gasteiger partial charge in [-0.3, -0.25) is 14.7 Å². The van der Waals surface area contributed by atoms with Crippen LogP contribution in [0.1, 0.15) is 37.6 Å². The number of hydrogen-bond acceptors (Lipinski definition) is 7. The smallest absolute Gasteiger partial charge is 0.395 e. The van der Waals surface area contributed by atoms with Crippen LogP contribution in [-0.2, 0) is 6.54 Å². The number of aromatic nitrogens is 2. The van der Waals surface area contributed by atoms with E-state index in [0.717, 1.165) is 19.3 Å². The lowest BCUT2D eigenvalue weighted by molar-refractivity contribution is -0.392. The topological polar surface area (TPSA) is 113 Å². The summed E-state index contributed by atoms with van der Waals surface area (Å²) >= 11 is 4.15. The summed E-state index contributed by atoms with van der Waals surface area (Å²) in [4.78, 5) is 25.1. The van der Waals surface area contributed by atoms with Crippen molar-refractivity contribution in [3.8, 4) is 5.75 Å². The zero-order chi connectivity index (χ0) is 19.3. The molecule has 2 aromatic rings. The quantitative estimate of drug-likeness (QED) is 0.305. The molecule has 0 N–H and O–H groups in total. The summed E-state index contributed by atoms with van der Waals surface area (Å²) in [6.45, 7) is 4.28. The number of nitro benzene ring substituents is 1. The molecular weight excluding hydrogens is 360 g/mol. The fourth-order valence-electron chi connectivity index (χ4n) is 2.49. The molecule has 0 bridgehead atoms. The number of imidazole rings is 1. The van der Waals surface area contributed by atoms with E-state index in [4.69, 9.17) is 4.74 Å². The van der Waals surface area contributed by atoms with Crippen molar-refractivity contribution in [2.24, 2.45) is 0 Å². The Labute approximate surface area is 155 Å². The van der Waals surface area contributed by atoms with Crippen LogP contribution >= 0.6 is 12.6 Å². The molecule has 140 valence electrons. The van der Waals surface area contributed by atoms with Crippen LogP contribution in [0.2, 0.25) is 0 Å². The van der Waals surface area contributed by atoms with Crippen molar-refractivity contribution in [1.82, 2.24) is 9.55 Å². The summed E-state index contributed by atoms with van der Waals surface area (Å²) < 4.78 is 7.05. The summed E-state index contributed by atoms with van der Waals surface area (Å²) in [5.41, 5.74) is 0.468. The third-order valence-electron chi connectivity index (χ3n) is 3.85. The minimum Gasteiger partial charge on any atom is -0.487 e. The summed E-state index contributed by atoms with van der Waals surface area (Å²) in [6.07, 6.45) is 2.86. The Kier molecular flexibility index (Phi) is 6.56. The first-order valence-electron chi connectivity index (χ1n) is 8.15. The maximum atomic E-state index is 11.3. The zero-order valence-electron chi connectivity index (χ0n) is 14.5. The molecule has 0 aliphatic heterocycles. The predicted molar refractivity (Wildman–Crippen MR) is 98.1 cm³/mol.